The molecule has 1 aromatic carbocycles. The number of halogens is 2. The van der Waals surface area contributed by atoms with Crippen molar-refractivity contribution in [2.75, 3.05) is 37.7 Å². The number of aromatic amines is 1. The van der Waals surface area contributed by atoms with Crippen LogP contribution in [0.3, 0.4) is 0 Å². The molecule has 0 aliphatic carbocycles. The summed E-state index contributed by atoms with van der Waals surface area (Å²) in [4.78, 5) is 18.5. The van der Waals surface area contributed by atoms with E-state index in [0.29, 0.717) is 41.8 Å². The summed E-state index contributed by atoms with van der Waals surface area (Å²) in [6.45, 7) is 5.10. The normalized spacial score (nSPS) is 28.2. The van der Waals surface area contributed by atoms with Gasteiger partial charge in [0.25, 0.3) is 0 Å². The number of nitrogens with one attached hydrogen (secondary N) is 2. The van der Waals surface area contributed by atoms with Crippen LogP contribution in [0.25, 0.3) is 33.1 Å². The van der Waals surface area contributed by atoms with Gasteiger partial charge in [0.05, 0.1) is 22.6 Å². The van der Waals surface area contributed by atoms with Crippen LogP contribution in [0.1, 0.15) is 37.7 Å². The predicted molar refractivity (Wildman–Crippen MR) is 148 cm³/mol. The van der Waals surface area contributed by atoms with Gasteiger partial charge in [0.15, 0.2) is 5.82 Å². The fourth-order valence-corrected chi connectivity index (χ4v) is 7.56. The first-order chi connectivity index (χ1) is 19.5. The van der Waals surface area contributed by atoms with Crippen molar-refractivity contribution in [2.45, 2.75) is 62.8 Å². The number of piperazine rings is 1. The molecule has 0 amide bonds. The summed E-state index contributed by atoms with van der Waals surface area (Å²) in [5.74, 6) is 0.136. The summed E-state index contributed by atoms with van der Waals surface area (Å²) in [5, 5.41) is 12.1. The number of fused-ring (bicyclic) bond motifs is 5. The smallest absolute Gasteiger partial charge is 0.319 e. The maximum Gasteiger partial charge on any atom is 0.319 e. The standard InChI is InChI=1S/C29H32F2N8O/c1-16-3-6-22-20(11-33-37-22)23(16)26-24(31)25-21(10-32-26)27(38-13-18-4-5-19(14-38)34-18)36-28(35-25)40-15-29-7-2-8-39(29)12-17(30)9-29/h3,6,10-11,17-19,34H,2,4-5,7-9,12-15H2,1H3,(H,33,37)/t17-,18?,19?,29+/m1/s1. The first-order valence-corrected chi connectivity index (χ1v) is 14.3. The number of benzene rings is 1. The first kappa shape index (κ1) is 24.4. The largest absolute Gasteiger partial charge is 0.461 e. The molecule has 4 fully saturated rings. The predicted octanol–water partition coefficient (Wildman–Crippen LogP) is 3.91. The molecule has 0 radical (unpaired) electrons. The summed E-state index contributed by atoms with van der Waals surface area (Å²) in [7, 11) is 0. The Morgan fingerprint density at radius 2 is 1.95 bits per heavy atom. The van der Waals surface area contributed by atoms with E-state index in [2.05, 4.69) is 35.3 Å². The van der Waals surface area contributed by atoms with E-state index in [1.807, 2.05) is 19.1 Å². The molecule has 4 aliphatic rings. The Kier molecular flexibility index (Phi) is 5.50. The van der Waals surface area contributed by atoms with Crippen molar-refractivity contribution in [2.24, 2.45) is 0 Å². The first-order valence-electron chi connectivity index (χ1n) is 14.3. The highest BCUT2D eigenvalue weighted by atomic mass is 19.1. The number of aryl methyl sites for hydroxylation is 1. The second-order valence-corrected chi connectivity index (χ2v) is 12.0. The van der Waals surface area contributed by atoms with Crippen LogP contribution in [0.4, 0.5) is 14.6 Å². The number of ether oxygens (including phenoxy) is 1. The number of pyridine rings is 1. The lowest BCUT2D eigenvalue weighted by molar-refractivity contribution is 0.107. The molecule has 4 aromatic rings. The summed E-state index contributed by atoms with van der Waals surface area (Å²) in [5.41, 5.74) is 2.47. The van der Waals surface area contributed by atoms with Crippen molar-refractivity contribution in [1.82, 2.24) is 35.4 Å². The van der Waals surface area contributed by atoms with E-state index < -0.39 is 12.0 Å². The molecule has 0 saturated carbocycles. The minimum absolute atomic E-state index is 0.131. The molecule has 4 atom stereocenters. The van der Waals surface area contributed by atoms with Gasteiger partial charge in [-0.3, -0.25) is 15.0 Å². The second-order valence-electron chi connectivity index (χ2n) is 12.0. The Hall–Kier alpha value is -3.44. The molecule has 208 valence electrons. The quantitative estimate of drug-likeness (QED) is 0.389. The van der Waals surface area contributed by atoms with E-state index in [1.165, 1.54) is 0 Å². The average Bonchev–Trinajstić information content (AvgIpc) is 3.71. The van der Waals surface area contributed by atoms with Crippen molar-refractivity contribution < 1.29 is 13.5 Å². The molecule has 2 N–H and O–H groups in total. The Balaban J connectivity index is 1.24. The zero-order chi connectivity index (χ0) is 27.0. The third-order valence-corrected chi connectivity index (χ3v) is 9.46. The molecule has 0 spiro atoms. The van der Waals surface area contributed by atoms with Gasteiger partial charge in [-0.1, -0.05) is 6.07 Å². The lowest BCUT2D eigenvalue weighted by Gasteiger charge is -2.34. The average molecular weight is 547 g/mol. The Morgan fingerprint density at radius 1 is 1.10 bits per heavy atom. The van der Waals surface area contributed by atoms with Gasteiger partial charge in [-0.15, -0.1) is 0 Å². The van der Waals surface area contributed by atoms with E-state index in [4.69, 9.17) is 9.72 Å². The topological polar surface area (TPSA) is 95.1 Å². The van der Waals surface area contributed by atoms with Gasteiger partial charge in [0.2, 0.25) is 0 Å². The molecule has 4 saturated heterocycles. The Bertz CT molecular complexity index is 1610. The van der Waals surface area contributed by atoms with Gasteiger partial charge < -0.3 is 15.0 Å². The van der Waals surface area contributed by atoms with Crippen LogP contribution in [-0.2, 0) is 0 Å². The number of hydrogen-bond acceptors (Lipinski definition) is 8. The molecule has 40 heavy (non-hydrogen) atoms. The van der Waals surface area contributed by atoms with Crippen molar-refractivity contribution >= 4 is 27.6 Å². The summed E-state index contributed by atoms with van der Waals surface area (Å²) >= 11 is 0. The SMILES string of the molecule is Cc1ccc2[nH]ncc2c1-c1ncc2c(N3CC4CCC(C3)N4)nc(OC[C@@]34CCCN3C[C@H](F)C4)nc2c1F. The Labute approximate surface area is 230 Å². The highest BCUT2D eigenvalue weighted by molar-refractivity contribution is 5.98. The van der Waals surface area contributed by atoms with Crippen molar-refractivity contribution in [3.8, 4) is 17.3 Å². The maximum atomic E-state index is 16.5. The fourth-order valence-electron chi connectivity index (χ4n) is 7.56. The number of nitrogens with zero attached hydrogens (tertiary/aromatic N) is 6. The third-order valence-electron chi connectivity index (χ3n) is 9.46. The molecule has 4 aliphatic heterocycles. The highest BCUT2D eigenvalue weighted by Crippen LogP contribution is 2.41. The van der Waals surface area contributed by atoms with Crippen LogP contribution in [0.15, 0.2) is 24.5 Å². The number of aromatic nitrogens is 5. The minimum atomic E-state index is -0.853. The van der Waals surface area contributed by atoms with Gasteiger partial charge in [0.1, 0.15) is 29.8 Å². The molecule has 7 heterocycles. The molecule has 2 unspecified atom stereocenters. The van der Waals surface area contributed by atoms with E-state index in [0.717, 1.165) is 61.8 Å². The molecular formula is C29H32F2N8O. The van der Waals surface area contributed by atoms with Crippen LogP contribution in [-0.4, -0.2) is 86.6 Å². The molecule has 9 nitrogen and oxygen atoms in total. The van der Waals surface area contributed by atoms with E-state index in [1.54, 1.807) is 12.4 Å². The highest BCUT2D eigenvalue weighted by Gasteiger charge is 2.49. The van der Waals surface area contributed by atoms with Crippen LogP contribution in [0.5, 0.6) is 6.01 Å². The lowest BCUT2D eigenvalue weighted by Crippen LogP contribution is -2.51. The fraction of sp³-hybridized carbons (Fsp3) is 0.517. The molecule has 8 rings (SSSR count). The van der Waals surface area contributed by atoms with Gasteiger partial charge in [-0.05, 0) is 50.8 Å². The molecular weight excluding hydrogens is 514 g/mol. The van der Waals surface area contributed by atoms with E-state index in [9.17, 15) is 4.39 Å². The van der Waals surface area contributed by atoms with Crippen LogP contribution >= 0.6 is 0 Å². The zero-order valence-electron chi connectivity index (χ0n) is 22.5. The summed E-state index contributed by atoms with van der Waals surface area (Å²) < 4.78 is 37.2. The van der Waals surface area contributed by atoms with Crippen molar-refractivity contribution in [3.63, 3.8) is 0 Å². The van der Waals surface area contributed by atoms with Crippen LogP contribution < -0.4 is 15.0 Å². The number of anilines is 1. The number of hydrogen-bond donors (Lipinski definition) is 2. The molecule has 2 bridgehead atoms. The van der Waals surface area contributed by atoms with Gasteiger partial charge in [-0.25, -0.2) is 8.78 Å². The summed E-state index contributed by atoms with van der Waals surface area (Å²) in [6, 6.07) is 4.74. The number of rotatable bonds is 5. The minimum Gasteiger partial charge on any atom is -0.461 e. The van der Waals surface area contributed by atoms with Crippen LogP contribution in [0, 0.1) is 12.7 Å². The number of alkyl halides is 1. The Morgan fingerprint density at radius 3 is 2.80 bits per heavy atom. The zero-order valence-corrected chi connectivity index (χ0v) is 22.5. The van der Waals surface area contributed by atoms with Gasteiger partial charge in [-0.2, -0.15) is 15.1 Å². The molecule has 11 heteroatoms. The number of H-pyrrole nitrogens is 1. The van der Waals surface area contributed by atoms with Gasteiger partial charge in [0, 0.05) is 55.3 Å². The van der Waals surface area contributed by atoms with Gasteiger partial charge >= 0.3 is 6.01 Å². The van der Waals surface area contributed by atoms with E-state index in [-0.39, 0.29) is 29.4 Å². The van der Waals surface area contributed by atoms with E-state index >= 15 is 4.39 Å². The second kappa shape index (κ2) is 9.04. The van der Waals surface area contributed by atoms with Crippen LogP contribution in [0.2, 0.25) is 0 Å². The maximum absolute atomic E-state index is 16.5. The monoisotopic (exact) mass is 546 g/mol. The molecule has 3 aromatic heterocycles. The van der Waals surface area contributed by atoms with Crippen molar-refractivity contribution in [1.29, 1.82) is 0 Å². The lowest BCUT2D eigenvalue weighted by atomic mass is 9.95. The summed E-state index contributed by atoms with van der Waals surface area (Å²) in [6.07, 6.45) is 7.11. The third kappa shape index (κ3) is 3.77. The van der Waals surface area contributed by atoms with Crippen molar-refractivity contribution in [3.05, 3.63) is 35.9 Å².